The van der Waals surface area contributed by atoms with Crippen LogP contribution in [-0.4, -0.2) is 74.2 Å². The summed E-state index contributed by atoms with van der Waals surface area (Å²) in [5.41, 5.74) is 3.22. The molecule has 1 saturated heterocycles. The highest BCUT2D eigenvalue weighted by Gasteiger charge is 2.80. The quantitative estimate of drug-likeness (QED) is 0.418. The number of carbonyl (C=O) groups is 1. The monoisotopic (exact) mass is 575 g/mol. The summed E-state index contributed by atoms with van der Waals surface area (Å²) in [7, 11) is 3.20. The van der Waals surface area contributed by atoms with Crippen LogP contribution < -0.4 is 9.47 Å². The number of aromatic hydroxyl groups is 1. The van der Waals surface area contributed by atoms with Crippen molar-refractivity contribution < 1.29 is 33.6 Å². The number of carbonyl (C=O) groups excluding carboxylic acids is 1. The molecule has 1 N–H and O–H groups in total. The maximum absolute atomic E-state index is 11.4. The van der Waals surface area contributed by atoms with Crippen LogP contribution in [0.1, 0.15) is 55.2 Å². The fraction of sp³-hybridized carbons (Fsp3) is 0.618. The molecule has 5 fully saturated rings. The molecule has 2 aromatic carbocycles. The largest absolute Gasteiger partial charge is 0.504 e. The first-order valence-corrected chi connectivity index (χ1v) is 15.6. The number of likely N-dealkylation sites (tertiary alicyclic amines) is 1. The van der Waals surface area contributed by atoms with E-state index in [0.29, 0.717) is 25.0 Å². The molecule has 2 spiro atoms. The molecule has 0 aromatic heterocycles. The van der Waals surface area contributed by atoms with Crippen molar-refractivity contribution in [3.63, 3.8) is 0 Å². The highest BCUT2D eigenvalue weighted by molar-refractivity contribution is 5.70. The van der Waals surface area contributed by atoms with Crippen LogP contribution in [0.15, 0.2) is 36.4 Å². The fourth-order valence-electron chi connectivity index (χ4n) is 9.95. The Kier molecular flexibility index (Phi) is 6.12. The number of hydrogen-bond donors (Lipinski definition) is 1. The number of hydrogen-bond acceptors (Lipinski definition) is 8. The molecule has 6 atom stereocenters. The van der Waals surface area contributed by atoms with Gasteiger partial charge in [0.15, 0.2) is 18.1 Å². The number of piperidine rings is 1. The van der Waals surface area contributed by atoms with Gasteiger partial charge in [0, 0.05) is 42.0 Å². The van der Waals surface area contributed by atoms with Crippen molar-refractivity contribution in [1.29, 1.82) is 0 Å². The average molecular weight is 576 g/mol. The summed E-state index contributed by atoms with van der Waals surface area (Å²) in [6.07, 6.45) is 7.84. The number of methoxy groups -OCH3 is 2. The minimum absolute atomic E-state index is 0.0871. The van der Waals surface area contributed by atoms with Crippen LogP contribution in [0.25, 0.3) is 0 Å². The molecule has 42 heavy (non-hydrogen) atoms. The van der Waals surface area contributed by atoms with Crippen molar-refractivity contribution in [2.24, 2.45) is 17.3 Å². The van der Waals surface area contributed by atoms with E-state index in [1.807, 2.05) is 37.4 Å². The average Bonchev–Trinajstić information content (AvgIpc) is 3.76. The topological polar surface area (TPSA) is 86.7 Å². The summed E-state index contributed by atoms with van der Waals surface area (Å²) in [5.74, 6) is 2.25. The van der Waals surface area contributed by atoms with Crippen LogP contribution >= 0.6 is 0 Å². The van der Waals surface area contributed by atoms with Crippen molar-refractivity contribution in [2.75, 3.05) is 40.5 Å². The molecule has 4 bridgehead atoms. The Balaban J connectivity index is 1.07. The molecule has 0 radical (unpaired) electrons. The molecule has 8 nitrogen and oxygen atoms in total. The van der Waals surface area contributed by atoms with Gasteiger partial charge in [0.25, 0.3) is 0 Å². The van der Waals surface area contributed by atoms with E-state index in [9.17, 15) is 9.90 Å². The molecule has 2 aromatic rings. The van der Waals surface area contributed by atoms with Crippen LogP contribution in [0, 0.1) is 17.3 Å². The summed E-state index contributed by atoms with van der Waals surface area (Å²) >= 11 is 0. The molecule has 8 heteroatoms. The maximum Gasteiger partial charge on any atom is 0.343 e. The van der Waals surface area contributed by atoms with Gasteiger partial charge in [-0.25, -0.2) is 4.79 Å². The number of esters is 1. The zero-order valence-electron chi connectivity index (χ0n) is 24.6. The van der Waals surface area contributed by atoms with Gasteiger partial charge in [0.1, 0.15) is 17.5 Å². The maximum atomic E-state index is 11.4. The third kappa shape index (κ3) is 3.61. The van der Waals surface area contributed by atoms with Crippen molar-refractivity contribution in [1.82, 2.24) is 4.90 Å². The fourth-order valence-corrected chi connectivity index (χ4v) is 9.95. The Bertz CT molecular complexity index is 1390. The lowest BCUT2D eigenvalue weighted by Gasteiger charge is -2.74. The van der Waals surface area contributed by atoms with Gasteiger partial charge in [-0.1, -0.05) is 18.2 Å². The van der Waals surface area contributed by atoms with E-state index in [1.165, 1.54) is 37.6 Å². The van der Waals surface area contributed by atoms with Gasteiger partial charge in [-0.05, 0) is 86.7 Å². The molecule has 5 aliphatic carbocycles. The Labute approximate surface area is 247 Å². The van der Waals surface area contributed by atoms with E-state index in [4.69, 9.17) is 18.9 Å². The van der Waals surface area contributed by atoms with Crippen LogP contribution in [-0.2, 0) is 37.4 Å². The molecule has 0 amide bonds. The smallest absolute Gasteiger partial charge is 0.343 e. The van der Waals surface area contributed by atoms with Gasteiger partial charge in [-0.15, -0.1) is 0 Å². The number of ether oxygens (including phenoxy) is 5. The van der Waals surface area contributed by atoms with Crippen LogP contribution in [0.3, 0.4) is 0 Å². The molecule has 2 unspecified atom stereocenters. The van der Waals surface area contributed by atoms with Crippen molar-refractivity contribution in [3.05, 3.63) is 53.1 Å². The number of benzene rings is 2. The summed E-state index contributed by atoms with van der Waals surface area (Å²) < 4.78 is 30.1. The molecule has 2 aliphatic heterocycles. The van der Waals surface area contributed by atoms with Crippen molar-refractivity contribution >= 4 is 5.97 Å². The minimum atomic E-state index is -0.462. The first kappa shape index (κ1) is 26.8. The highest BCUT2D eigenvalue weighted by Crippen LogP contribution is 2.76. The molecule has 9 rings (SSSR count). The van der Waals surface area contributed by atoms with Crippen molar-refractivity contribution in [2.45, 2.75) is 74.7 Å². The predicted octanol–water partition coefficient (Wildman–Crippen LogP) is 4.39. The molecule has 2 heterocycles. The van der Waals surface area contributed by atoms with Gasteiger partial charge < -0.3 is 28.8 Å². The lowest BCUT2D eigenvalue weighted by molar-refractivity contribution is -0.283. The van der Waals surface area contributed by atoms with Crippen LogP contribution in [0.2, 0.25) is 0 Å². The number of fused-ring (bicyclic) bond motifs is 2. The van der Waals surface area contributed by atoms with E-state index >= 15 is 0 Å². The van der Waals surface area contributed by atoms with Crippen LogP contribution in [0.5, 0.6) is 17.2 Å². The second-order valence-electron chi connectivity index (χ2n) is 13.6. The van der Waals surface area contributed by atoms with E-state index in [1.54, 1.807) is 0 Å². The van der Waals surface area contributed by atoms with E-state index in [0.717, 1.165) is 55.9 Å². The Morgan fingerprint density at radius 2 is 1.93 bits per heavy atom. The first-order valence-electron chi connectivity index (χ1n) is 15.6. The number of nitrogens with zero attached hydrogens (tertiary/aromatic N) is 1. The standard InChI is InChI=1S/C34H41NO7/c1-38-28(37)20-41-25-8-5-22(6-9-25)18-40-19-24-16-32-11-12-34(24,39-2)31-33(32)13-14-35(17-21-3-4-21)27(32)15-23-7-10-26(36)30(42-31)29(23)33/h5-10,21,24,27,31,36H,3-4,11-20H2,1-2H3/t24-,27-,31-,32?,33+,34?/m1/s1. The molecular formula is C34H41NO7. The SMILES string of the molecule is COC(=O)COc1ccc(COC[C@H]2CC34CCC2(OC)[C@@H]2Oc5c(O)ccc6c5[C@@]23CCN(CC2CC2)[C@@H]4C6)cc1. The zero-order valence-corrected chi connectivity index (χ0v) is 24.6. The molecule has 7 aliphatic rings. The molecule has 4 saturated carbocycles. The Morgan fingerprint density at radius 1 is 1.10 bits per heavy atom. The lowest BCUT2D eigenvalue weighted by Crippen LogP contribution is -2.81. The first-order chi connectivity index (χ1) is 20.4. The minimum Gasteiger partial charge on any atom is -0.504 e. The number of rotatable bonds is 10. The summed E-state index contributed by atoms with van der Waals surface area (Å²) in [5, 5.41) is 11.0. The highest BCUT2D eigenvalue weighted by atomic mass is 16.6. The van der Waals surface area contributed by atoms with Gasteiger partial charge >= 0.3 is 5.97 Å². The number of phenols is 1. The number of phenolic OH excluding ortho intramolecular Hbond substituents is 1. The summed E-state index contributed by atoms with van der Waals surface area (Å²) in [6, 6.07) is 12.1. The summed E-state index contributed by atoms with van der Waals surface area (Å²) in [4.78, 5) is 14.2. The van der Waals surface area contributed by atoms with Gasteiger partial charge in [-0.3, -0.25) is 4.90 Å². The van der Waals surface area contributed by atoms with E-state index < -0.39 is 11.6 Å². The Morgan fingerprint density at radius 3 is 2.69 bits per heavy atom. The molecule has 224 valence electrons. The normalized spacial score (nSPS) is 35.4. The summed E-state index contributed by atoms with van der Waals surface area (Å²) in [6.45, 7) is 3.28. The van der Waals surface area contributed by atoms with Gasteiger partial charge in [-0.2, -0.15) is 0 Å². The van der Waals surface area contributed by atoms with Crippen molar-refractivity contribution in [3.8, 4) is 17.2 Å². The predicted molar refractivity (Wildman–Crippen MR) is 154 cm³/mol. The zero-order chi connectivity index (χ0) is 28.7. The van der Waals surface area contributed by atoms with Gasteiger partial charge in [0.05, 0.1) is 20.3 Å². The third-order valence-electron chi connectivity index (χ3n) is 11.9. The second kappa shape index (κ2) is 9.60. The third-order valence-corrected chi connectivity index (χ3v) is 11.9. The van der Waals surface area contributed by atoms with E-state index in [2.05, 4.69) is 15.7 Å². The van der Waals surface area contributed by atoms with E-state index in [-0.39, 0.29) is 35.2 Å². The Hall–Kier alpha value is -2.81. The second-order valence-corrected chi connectivity index (χ2v) is 13.6. The van der Waals surface area contributed by atoms with Crippen LogP contribution in [0.4, 0.5) is 0 Å². The molecular weight excluding hydrogens is 534 g/mol. The lowest BCUT2D eigenvalue weighted by atomic mass is 9.35. The van der Waals surface area contributed by atoms with Gasteiger partial charge in [0.2, 0.25) is 0 Å².